The molecule has 0 saturated heterocycles. The van der Waals surface area contributed by atoms with Crippen molar-refractivity contribution >= 4 is 17.3 Å². The number of carbonyl (C=O) groups excluding carboxylic acids is 1. The summed E-state index contributed by atoms with van der Waals surface area (Å²) in [7, 11) is 0. The number of nitriles is 1. The Labute approximate surface area is 184 Å². The normalized spacial score (nSPS) is 15.0. The fourth-order valence-corrected chi connectivity index (χ4v) is 3.51. The van der Waals surface area contributed by atoms with E-state index in [9.17, 15) is 19.7 Å². The fraction of sp³-hybridized carbons (Fsp3) is 0.364. The molecule has 0 spiro atoms. The molecule has 0 aliphatic heterocycles. The summed E-state index contributed by atoms with van der Waals surface area (Å²) >= 11 is 0. The summed E-state index contributed by atoms with van der Waals surface area (Å²) in [5.74, 6) is -0.0879. The Morgan fingerprint density at radius 3 is 2.94 bits per heavy atom. The minimum absolute atomic E-state index is 0.0668. The molecular weight excluding hydrogens is 414 g/mol. The van der Waals surface area contributed by atoms with Crippen molar-refractivity contribution in [1.82, 2.24) is 9.97 Å². The lowest BCUT2D eigenvalue weighted by Crippen LogP contribution is -2.20. The van der Waals surface area contributed by atoms with Crippen LogP contribution in [0.3, 0.4) is 0 Å². The predicted molar refractivity (Wildman–Crippen MR) is 116 cm³/mol. The van der Waals surface area contributed by atoms with Crippen LogP contribution < -0.4 is 15.6 Å². The van der Waals surface area contributed by atoms with Crippen LogP contribution in [0.25, 0.3) is 0 Å². The molecule has 1 atom stereocenters. The summed E-state index contributed by atoms with van der Waals surface area (Å²) in [6.45, 7) is -0.105. The summed E-state index contributed by atoms with van der Waals surface area (Å²) in [5, 5.41) is 23.0. The molecule has 0 saturated carbocycles. The van der Waals surface area contributed by atoms with Crippen molar-refractivity contribution in [1.29, 1.82) is 5.26 Å². The minimum atomic E-state index is -0.887. The molecule has 1 amide bonds. The molecule has 10 nitrogen and oxygen atoms in total. The molecule has 166 valence electrons. The summed E-state index contributed by atoms with van der Waals surface area (Å²) in [6.07, 6.45) is 8.16. The third-order valence-electron chi connectivity index (χ3n) is 5.12. The van der Waals surface area contributed by atoms with Crippen LogP contribution in [0.15, 0.2) is 41.2 Å². The Bertz CT molecular complexity index is 1120. The first-order chi connectivity index (χ1) is 15.5. The van der Waals surface area contributed by atoms with Gasteiger partial charge in [-0.3, -0.25) is 24.7 Å². The van der Waals surface area contributed by atoms with Gasteiger partial charge in [-0.25, -0.2) is 0 Å². The number of carbonyl (C=O) groups is 1. The maximum absolute atomic E-state index is 12.2. The second-order valence-corrected chi connectivity index (χ2v) is 7.39. The molecule has 1 aliphatic carbocycles. The number of allylic oxidation sites excluding steroid dienone is 2. The Hall–Kier alpha value is -4.00. The monoisotopic (exact) mass is 437 g/mol. The van der Waals surface area contributed by atoms with Crippen molar-refractivity contribution in [2.75, 3.05) is 11.9 Å². The van der Waals surface area contributed by atoms with Gasteiger partial charge in [0.2, 0.25) is 5.91 Å². The third-order valence-corrected chi connectivity index (χ3v) is 5.12. The van der Waals surface area contributed by atoms with E-state index < -0.39 is 16.2 Å². The highest BCUT2D eigenvalue weighted by molar-refractivity contribution is 5.92. The lowest BCUT2D eigenvalue weighted by atomic mass is 9.91. The molecule has 1 aromatic carbocycles. The molecule has 0 radical (unpaired) electrons. The Morgan fingerprint density at radius 2 is 2.22 bits per heavy atom. The van der Waals surface area contributed by atoms with Gasteiger partial charge in [-0.05, 0) is 50.2 Å². The van der Waals surface area contributed by atoms with Gasteiger partial charge in [0.05, 0.1) is 22.6 Å². The van der Waals surface area contributed by atoms with E-state index in [1.807, 2.05) is 6.07 Å². The molecule has 3 rings (SSSR count). The smallest absolute Gasteiger partial charge is 0.355 e. The van der Waals surface area contributed by atoms with E-state index in [0.29, 0.717) is 23.6 Å². The minimum Gasteiger partial charge on any atom is -0.464 e. The lowest BCUT2D eigenvalue weighted by molar-refractivity contribution is -0.387. The number of nitrogens with zero attached hydrogens (tertiary/aromatic N) is 3. The maximum atomic E-state index is 12.2. The zero-order valence-corrected chi connectivity index (χ0v) is 17.4. The summed E-state index contributed by atoms with van der Waals surface area (Å²) in [4.78, 5) is 41.4. The number of aromatic nitrogens is 2. The van der Waals surface area contributed by atoms with Crippen LogP contribution in [-0.4, -0.2) is 27.4 Å². The van der Waals surface area contributed by atoms with Crippen molar-refractivity contribution < 1.29 is 14.5 Å². The van der Waals surface area contributed by atoms with Crippen molar-refractivity contribution in [3.8, 4) is 12.1 Å². The number of aromatic amines is 1. The molecule has 1 unspecified atom stereocenters. The van der Waals surface area contributed by atoms with Crippen LogP contribution in [0.4, 0.5) is 11.4 Å². The van der Waals surface area contributed by atoms with Crippen LogP contribution in [-0.2, 0) is 11.2 Å². The van der Waals surface area contributed by atoms with Crippen LogP contribution in [0.1, 0.15) is 43.4 Å². The number of aryl methyl sites for hydroxylation is 1. The number of nitro groups is 1. The Morgan fingerprint density at radius 1 is 1.41 bits per heavy atom. The number of para-hydroxylation sites is 1. The van der Waals surface area contributed by atoms with Crippen LogP contribution in [0.5, 0.6) is 6.01 Å². The van der Waals surface area contributed by atoms with Crippen LogP contribution in [0.2, 0.25) is 0 Å². The van der Waals surface area contributed by atoms with Crippen molar-refractivity contribution in [2.24, 2.45) is 5.92 Å². The first-order valence-corrected chi connectivity index (χ1v) is 10.3. The van der Waals surface area contributed by atoms with Crippen molar-refractivity contribution in [3.63, 3.8) is 0 Å². The third kappa shape index (κ3) is 6.01. The van der Waals surface area contributed by atoms with Gasteiger partial charge in [-0.15, -0.1) is 0 Å². The Kier molecular flexibility index (Phi) is 7.70. The topological polar surface area (TPSA) is 151 Å². The van der Waals surface area contributed by atoms with E-state index in [4.69, 9.17) is 10.00 Å². The molecule has 10 heteroatoms. The molecule has 32 heavy (non-hydrogen) atoms. The van der Waals surface area contributed by atoms with Gasteiger partial charge in [-0.1, -0.05) is 24.3 Å². The van der Waals surface area contributed by atoms with Crippen molar-refractivity contribution in [3.05, 3.63) is 68.1 Å². The molecule has 1 aliphatic rings. The van der Waals surface area contributed by atoms with Gasteiger partial charge in [0, 0.05) is 0 Å². The molecule has 1 heterocycles. The summed E-state index contributed by atoms with van der Waals surface area (Å²) < 4.78 is 5.39. The number of H-pyrrole nitrogens is 1. The standard InChI is InChI=1S/C22H23N5O5/c23-14-16-8-4-5-9-17(16)24-19(28)12-13-32-22-25-18(20(27(30)31)21(29)26-22)11-10-15-6-2-1-3-7-15/h2,4-6,8-9,15H,1,3,7,10-13H2,(H,24,28)(H,25,26,29). The number of nitrogens with one attached hydrogen (secondary N) is 2. The second kappa shape index (κ2) is 10.9. The number of rotatable bonds is 9. The maximum Gasteiger partial charge on any atom is 0.355 e. The Balaban J connectivity index is 1.62. The molecule has 0 fully saturated rings. The average molecular weight is 437 g/mol. The quantitative estimate of drug-likeness (QED) is 0.347. The van der Waals surface area contributed by atoms with Gasteiger partial charge < -0.3 is 10.1 Å². The molecule has 2 aromatic rings. The van der Waals surface area contributed by atoms with Gasteiger partial charge in [-0.2, -0.15) is 10.2 Å². The highest BCUT2D eigenvalue weighted by Crippen LogP contribution is 2.24. The average Bonchev–Trinajstić information content (AvgIpc) is 2.78. The number of hydrogen-bond acceptors (Lipinski definition) is 7. The second-order valence-electron chi connectivity index (χ2n) is 7.39. The molecule has 2 N–H and O–H groups in total. The van der Waals surface area contributed by atoms with E-state index >= 15 is 0 Å². The number of hydrogen-bond donors (Lipinski definition) is 2. The van der Waals surface area contributed by atoms with Crippen molar-refractivity contribution in [2.45, 2.75) is 38.5 Å². The summed E-state index contributed by atoms with van der Waals surface area (Å²) in [6, 6.07) is 8.41. The largest absolute Gasteiger partial charge is 0.464 e. The number of amides is 1. The number of anilines is 1. The number of ether oxygens (including phenoxy) is 1. The lowest BCUT2D eigenvalue weighted by Gasteiger charge is -2.15. The van der Waals surface area contributed by atoms with Crippen LogP contribution in [0, 0.1) is 27.4 Å². The van der Waals surface area contributed by atoms with E-state index in [-0.39, 0.29) is 37.1 Å². The highest BCUT2D eigenvalue weighted by atomic mass is 16.6. The zero-order valence-electron chi connectivity index (χ0n) is 17.4. The first-order valence-electron chi connectivity index (χ1n) is 10.3. The summed E-state index contributed by atoms with van der Waals surface area (Å²) in [5.41, 5.74) is -0.675. The van der Waals surface area contributed by atoms with E-state index in [2.05, 4.69) is 27.4 Å². The van der Waals surface area contributed by atoms with E-state index in [1.54, 1.807) is 24.3 Å². The number of benzene rings is 1. The zero-order chi connectivity index (χ0) is 22.9. The van der Waals surface area contributed by atoms with Gasteiger partial charge in [0.1, 0.15) is 18.4 Å². The SMILES string of the molecule is N#Cc1ccccc1NC(=O)CCOc1nc(CCC2C=CCCC2)c([N+](=O)[O-])c(=O)[nH]1. The highest BCUT2D eigenvalue weighted by Gasteiger charge is 2.23. The van der Waals surface area contributed by atoms with Gasteiger partial charge in [0.25, 0.3) is 6.01 Å². The molecule has 1 aromatic heterocycles. The predicted octanol–water partition coefficient (Wildman–Crippen LogP) is 3.25. The molecular formula is C22H23N5O5. The van der Waals surface area contributed by atoms with Gasteiger partial charge >= 0.3 is 11.2 Å². The van der Waals surface area contributed by atoms with Gasteiger partial charge in [0.15, 0.2) is 0 Å². The van der Waals surface area contributed by atoms with E-state index in [1.165, 1.54) is 0 Å². The molecule has 0 bridgehead atoms. The first kappa shape index (κ1) is 22.7. The van der Waals surface area contributed by atoms with E-state index in [0.717, 1.165) is 19.3 Å². The van der Waals surface area contributed by atoms with Crippen LogP contribution >= 0.6 is 0 Å². The fourth-order valence-electron chi connectivity index (χ4n) is 3.51.